The number of carbonyl (C=O) groups is 2. The van der Waals surface area contributed by atoms with Crippen molar-refractivity contribution in [2.75, 3.05) is 13.2 Å². The zero-order valence-corrected chi connectivity index (χ0v) is 17.5. The van der Waals surface area contributed by atoms with Crippen molar-refractivity contribution in [2.24, 2.45) is 5.73 Å². The molecule has 28 heavy (non-hydrogen) atoms. The molecule has 0 radical (unpaired) electrons. The molecule has 2 atom stereocenters. The van der Waals surface area contributed by atoms with Crippen molar-refractivity contribution in [3.63, 3.8) is 0 Å². The number of H-pyrrole nitrogens is 1. The molecule has 158 valence electrons. The van der Waals surface area contributed by atoms with Crippen molar-refractivity contribution in [1.29, 1.82) is 0 Å². The smallest absolute Gasteiger partial charge is 0.236 e. The number of hydrogen-bond acceptors (Lipinski definition) is 5. The topological polar surface area (TPSA) is 120 Å². The molecule has 0 aliphatic carbocycles. The maximum absolute atomic E-state index is 11.3. The van der Waals surface area contributed by atoms with Gasteiger partial charge in [-0.1, -0.05) is 39.0 Å². The summed E-state index contributed by atoms with van der Waals surface area (Å²) in [7, 11) is 0. The van der Waals surface area contributed by atoms with E-state index in [4.69, 9.17) is 15.6 Å². The number of benzene rings is 1. The van der Waals surface area contributed by atoms with E-state index in [1.165, 1.54) is 16.5 Å². The Morgan fingerprint density at radius 2 is 1.93 bits per heavy atom. The summed E-state index contributed by atoms with van der Waals surface area (Å²) in [6.07, 6.45) is 3.38. The van der Waals surface area contributed by atoms with Crippen LogP contribution in [0.1, 0.15) is 39.2 Å². The number of aliphatic hydroxyl groups is 1. The van der Waals surface area contributed by atoms with E-state index in [2.05, 4.69) is 40.7 Å². The summed E-state index contributed by atoms with van der Waals surface area (Å²) in [6.45, 7) is 10.6. The molecule has 2 rings (SSSR count). The molecular weight excluding hydrogens is 356 g/mol. The van der Waals surface area contributed by atoms with Gasteiger partial charge in [0.05, 0.1) is 12.6 Å². The number of fused-ring (bicyclic) bond motifs is 1. The molecule has 0 aliphatic rings. The second kappa shape index (κ2) is 14.8. The highest BCUT2D eigenvalue weighted by atomic mass is 16.3. The van der Waals surface area contributed by atoms with E-state index in [0.717, 1.165) is 0 Å². The quantitative estimate of drug-likeness (QED) is 0.470. The maximum Gasteiger partial charge on any atom is 0.236 e. The number of aromatic nitrogens is 1. The van der Waals surface area contributed by atoms with Gasteiger partial charge in [0.15, 0.2) is 0 Å². The fourth-order valence-electron chi connectivity index (χ4n) is 2.60. The fraction of sp³-hybridized carbons (Fsp3) is 0.524. The number of aryl methyl sites for hydroxylation is 1. The highest BCUT2D eigenvalue weighted by Crippen LogP contribution is 2.15. The van der Waals surface area contributed by atoms with Crippen LogP contribution in [0.15, 0.2) is 30.5 Å². The summed E-state index contributed by atoms with van der Waals surface area (Å²) in [5.74, 6) is -0.122. The number of nitrogens with one attached hydrogen (secondary N) is 3. The number of carbonyl (C=O) groups excluding carboxylic acids is 2. The summed E-state index contributed by atoms with van der Waals surface area (Å²) in [6, 6.07) is 8.24. The Morgan fingerprint density at radius 3 is 2.46 bits per heavy atom. The van der Waals surface area contributed by atoms with Crippen molar-refractivity contribution in [3.05, 3.63) is 36.0 Å². The van der Waals surface area contributed by atoms with Gasteiger partial charge in [0, 0.05) is 35.7 Å². The molecule has 0 aliphatic heterocycles. The predicted octanol–water partition coefficient (Wildman–Crippen LogP) is 1.88. The van der Waals surface area contributed by atoms with Gasteiger partial charge in [-0.2, -0.15) is 0 Å². The lowest BCUT2D eigenvalue weighted by molar-refractivity contribution is -0.122. The standard InChI is InChI=1S/C11H25N3O2.C9H9N.CH2O/c1-4-10(12)11(16)13-6-5-9(7-15)14-8(2)3;1-7-6-10-9-5-3-2-4-8(7)9;1-2/h8-10,14-15H,4-7,12H2,1-3H3,(H,13,16);2-6,10H,1H3;1H2. The second-order valence-electron chi connectivity index (χ2n) is 6.81. The van der Waals surface area contributed by atoms with Crippen LogP contribution in [0.3, 0.4) is 0 Å². The van der Waals surface area contributed by atoms with Gasteiger partial charge in [0.25, 0.3) is 0 Å². The highest BCUT2D eigenvalue weighted by molar-refractivity contribution is 5.82. The Labute approximate surface area is 168 Å². The van der Waals surface area contributed by atoms with E-state index in [9.17, 15) is 4.79 Å². The van der Waals surface area contributed by atoms with Crippen LogP contribution in [0, 0.1) is 6.92 Å². The molecule has 0 fully saturated rings. The number of amides is 1. The van der Waals surface area contributed by atoms with E-state index in [-0.39, 0.29) is 18.6 Å². The highest BCUT2D eigenvalue weighted by Gasteiger charge is 2.12. The monoisotopic (exact) mass is 392 g/mol. The molecule has 0 saturated heterocycles. The molecule has 2 unspecified atom stereocenters. The Hall–Kier alpha value is -2.22. The fourth-order valence-corrected chi connectivity index (χ4v) is 2.60. The zero-order chi connectivity index (χ0) is 21.5. The second-order valence-corrected chi connectivity index (χ2v) is 6.81. The number of nitrogens with two attached hydrogens (primary N) is 1. The largest absolute Gasteiger partial charge is 0.395 e. The molecule has 7 heteroatoms. The third kappa shape index (κ3) is 9.64. The third-order valence-electron chi connectivity index (χ3n) is 4.15. The van der Waals surface area contributed by atoms with E-state index in [1.807, 2.05) is 39.8 Å². The number of aliphatic hydroxyl groups excluding tert-OH is 1. The molecule has 1 heterocycles. The molecule has 0 bridgehead atoms. The van der Waals surface area contributed by atoms with Crippen molar-refractivity contribution in [1.82, 2.24) is 15.6 Å². The van der Waals surface area contributed by atoms with Gasteiger partial charge in [-0.3, -0.25) is 4.79 Å². The van der Waals surface area contributed by atoms with Crippen LogP contribution in [0.5, 0.6) is 0 Å². The summed E-state index contributed by atoms with van der Waals surface area (Å²) in [5.41, 5.74) is 8.11. The van der Waals surface area contributed by atoms with Gasteiger partial charge in [-0.25, -0.2) is 0 Å². The first-order chi connectivity index (χ1) is 13.4. The molecule has 2 aromatic rings. The summed E-state index contributed by atoms with van der Waals surface area (Å²) in [5, 5.41) is 16.4. The summed E-state index contributed by atoms with van der Waals surface area (Å²) >= 11 is 0. The van der Waals surface area contributed by atoms with Gasteiger partial charge in [-0.15, -0.1) is 0 Å². The van der Waals surface area contributed by atoms with Gasteiger partial charge < -0.3 is 31.3 Å². The third-order valence-corrected chi connectivity index (χ3v) is 4.15. The minimum atomic E-state index is -0.425. The average molecular weight is 393 g/mol. The molecule has 7 nitrogen and oxygen atoms in total. The van der Waals surface area contributed by atoms with E-state index >= 15 is 0 Å². The van der Waals surface area contributed by atoms with Crippen molar-refractivity contribution >= 4 is 23.6 Å². The first kappa shape index (κ1) is 25.8. The van der Waals surface area contributed by atoms with Crippen molar-refractivity contribution < 1.29 is 14.7 Å². The van der Waals surface area contributed by atoms with Crippen LogP contribution in [0.25, 0.3) is 10.9 Å². The van der Waals surface area contributed by atoms with Gasteiger partial charge in [0.1, 0.15) is 6.79 Å². The molecular formula is C21H36N4O3. The number of para-hydroxylation sites is 1. The van der Waals surface area contributed by atoms with Crippen molar-refractivity contribution in [3.8, 4) is 0 Å². The lowest BCUT2D eigenvalue weighted by Gasteiger charge is -2.19. The molecule has 0 spiro atoms. The minimum Gasteiger partial charge on any atom is -0.395 e. The summed E-state index contributed by atoms with van der Waals surface area (Å²) in [4.78, 5) is 22.5. The first-order valence-corrected chi connectivity index (χ1v) is 9.60. The Morgan fingerprint density at radius 1 is 1.29 bits per heavy atom. The normalized spacial score (nSPS) is 12.4. The van der Waals surface area contributed by atoms with E-state index in [0.29, 0.717) is 25.4 Å². The maximum atomic E-state index is 11.3. The van der Waals surface area contributed by atoms with E-state index in [1.54, 1.807) is 0 Å². The molecule has 1 amide bonds. The molecule has 1 aromatic heterocycles. The Balaban J connectivity index is 0.000000513. The van der Waals surface area contributed by atoms with Crippen molar-refractivity contribution in [2.45, 2.75) is 58.7 Å². The first-order valence-electron chi connectivity index (χ1n) is 9.60. The SMILES string of the molecule is C=O.CCC(N)C(=O)NCCC(CO)NC(C)C.Cc1c[nH]c2ccccc12. The van der Waals surface area contributed by atoms with Crippen LogP contribution < -0.4 is 16.4 Å². The van der Waals surface area contributed by atoms with Crippen LogP contribution in [0.4, 0.5) is 0 Å². The predicted molar refractivity (Wildman–Crippen MR) is 115 cm³/mol. The van der Waals surface area contributed by atoms with Crippen LogP contribution in [0.2, 0.25) is 0 Å². The Bertz CT molecular complexity index is 672. The van der Waals surface area contributed by atoms with Gasteiger partial charge in [0.2, 0.25) is 5.91 Å². The average Bonchev–Trinajstić information content (AvgIpc) is 3.09. The molecule has 6 N–H and O–H groups in total. The van der Waals surface area contributed by atoms with E-state index < -0.39 is 6.04 Å². The molecule has 0 saturated carbocycles. The lowest BCUT2D eigenvalue weighted by atomic mass is 10.2. The van der Waals surface area contributed by atoms with Gasteiger partial charge >= 0.3 is 0 Å². The van der Waals surface area contributed by atoms with Crippen LogP contribution in [-0.2, 0) is 9.59 Å². The van der Waals surface area contributed by atoms with Crippen LogP contribution in [-0.4, -0.2) is 54.1 Å². The lowest BCUT2D eigenvalue weighted by Crippen LogP contribution is -2.44. The minimum absolute atomic E-state index is 0.0261. The number of hydrogen-bond donors (Lipinski definition) is 5. The number of rotatable bonds is 8. The zero-order valence-electron chi connectivity index (χ0n) is 17.5. The molecule has 1 aromatic carbocycles. The number of aromatic amines is 1. The van der Waals surface area contributed by atoms with Crippen LogP contribution >= 0.6 is 0 Å². The van der Waals surface area contributed by atoms with Gasteiger partial charge in [-0.05, 0) is 31.4 Å². The summed E-state index contributed by atoms with van der Waals surface area (Å²) < 4.78 is 0. The Kier molecular flexibility index (Phi) is 13.6.